The van der Waals surface area contributed by atoms with Gasteiger partial charge in [0, 0.05) is 37.7 Å². The molecule has 0 atom stereocenters. The summed E-state index contributed by atoms with van der Waals surface area (Å²) in [5, 5.41) is 8.05. The summed E-state index contributed by atoms with van der Waals surface area (Å²) < 4.78 is 1.65. The number of benzene rings is 1. The average Bonchev–Trinajstić information content (AvgIpc) is 2.99. The van der Waals surface area contributed by atoms with Gasteiger partial charge < -0.3 is 4.90 Å². The van der Waals surface area contributed by atoms with Crippen LogP contribution in [-0.4, -0.2) is 40.4 Å². The minimum Gasteiger partial charge on any atom is -0.378 e. The van der Waals surface area contributed by atoms with Crippen LogP contribution in [0.4, 0.5) is 5.69 Å². The second kappa shape index (κ2) is 5.77. The highest BCUT2D eigenvalue weighted by atomic mass is 16.1. The van der Waals surface area contributed by atoms with E-state index in [0.717, 1.165) is 16.9 Å². The fraction of sp³-hybridized carbons (Fsp3) is 0.125. The summed E-state index contributed by atoms with van der Waals surface area (Å²) >= 11 is 0. The molecule has 0 N–H and O–H groups in total. The first-order valence-corrected chi connectivity index (χ1v) is 6.80. The average molecular weight is 293 g/mol. The first-order valence-electron chi connectivity index (χ1n) is 6.80. The molecule has 2 heterocycles. The Bertz CT molecular complexity index is 778. The first kappa shape index (κ1) is 13.9. The zero-order valence-electron chi connectivity index (χ0n) is 12.3. The quantitative estimate of drug-likeness (QED) is 0.690. The Labute approximate surface area is 128 Å². The number of rotatable bonds is 4. The summed E-state index contributed by atoms with van der Waals surface area (Å²) in [4.78, 5) is 17.4. The lowest BCUT2D eigenvalue weighted by atomic mass is 10.1. The standard InChI is InChI=1S/C16H15N5O/c1-20(2)13-5-7-14(8-6-13)21-16(15(11-22)18-19-21)12-4-3-9-17-10-12/h3-11H,1-2H3. The van der Waals surface area contributed by atoms with Gasteiger partial charge in [0.25, 0.3) is 0 Å². The van der Waals surface area contributed by atoms with E-state index in [0.29, 0.717) is 17.7 Å². The topological polar surface area (TPSA) is 63.9 Å². The molecule has 0 amide bonds. The SMILES string of the molecule is CN(C)c1ccc(-n2nnc(C=O)c2-c2cccnc2)cc1. The molecule has 3 rings (SSSR count). The Morgan fingerprint density at radius 2 is 1.91 bits per heavy atom. The minimum atomic E-state index is 0.296. The highest BCUT2D eigenvalue weighted by Gasteiger charge is 2.16. The highest BCUT2D eigenvalue weighted by molar-refractivity contribution is 5.83. The van der Waals surface area contributed by atoms with E-state index < -0.39 is 0 Å². The fourth-order valence-corrected chi connectivity index (χ4v) is 2.22. The number of hydrogen-bond acceptors (Lipinski definition) is 5. The van der Waals surface area contributed by atoms with Gasteiger partial charge in [0.1, 0.15) is 5.69 Å². The fourth-order valence-electron chi connectivity index (χ4n) is 2.22. The Balaban J connectivity index is 2.12. The molecule has 3 aromatic rings. The molecule has 6 nitrogen and oxygen atoms in total. The van der Waals surface area contributed by atoms with Gasteiger partial charge >= 0.3 is 0 Å². The van der Waals surface area contributed by atoms with E-state index in [2.05, 4.69) is 15.3 Å². The van der Waals surface area contributed by atoms with Crippen molar-refractivity contribution in [2.75, 3.05) is 19.0 Å². The molecule has 0 unspecified atom stereocenters. The third kappa shape index (κ3) is 2.46. The summed E-state index contributed by atoms with van der Waals surface area (Å²) in [6, 6.07) is 11.6. The second-order valence-electron chi connectivity index (χ2n) is 5.01. The van der Waals surface area contributed by atoms with Gasteiger partial charge in [-0.25, -0.2) is 4.68 Å². The molecule has 2 aromatic heterocycles. The molecular weight excluding hydrogens is 278 g/mol. The predicted molar refractivity (Wildman–Crippen MR) is 84.3 cm³/mol. The molecule has 0 bridgehead atoms. The summed E-state index contributed by atoms with van der Waals surface area (Å²) in [5.74, 6) is 0. The van der Waals surface area contributed by atoms with Crippen LogP contribution in [-0.2, 0) is 0 Å². The van der Waals surface area contributed by atoms with Gasteiger partial charge in [-0.1, -0.05) is 5.21 Å². The van der Waals surface area contributed by atoms with Gasteiger partial charge in [0.2, 0.25) is 0 Å². The summed E-state index contributed by atoms with van der Waals surface area (Å²) in [6.45, 7) is 0. The number of aromatic nitrogens is 4. The van der Waals surface area contributed by atoms with Crippen molar-refractivity contribution in [3.05, 3.63) is 54.5 Å². The van der Waals surface area contributed by atoms with Crippen LogP contribution < -0.4 is 4.90 Å². The van der Waals surface area contributed by atoms with Gasteiger partial charge in [-0.3, -0.25) is 9.78 Å². The molecule has 110 valence electrons. The van der Waals surface area contributed by atoms with E-state index in [9.17, 15) is 4.79 Å². The Kier molecular flexibility index (Phi) is 3.65. The molecular formula is C16H15N5O. The lowest BCUT2D eigenvalue weighted by molar-refractivity contribution is 0.111. The minimum absolute atomic E-state index is 0.296. The van der Waals surface area contributed by atoms with Crippen molar-refractivity contribution in [2.24, 2.45) is 0 Å². The summed E-state index contributed by atoms with van der Waals surface area (Å²) in [5.41, 5.74) is 3.66. The summed E-state index contributed by atoms with van der Waals surface area (Å²) in [6.07, 6.45) is 4.08. The number of pyridine rings is 1. The molecule has 1 aromatic carbocycles. The lowest BCUT2D eigenvalue weighted by Crippen LogP contribution is -2.08. The maximum absolute atomic E-state index is 11.2. The van der Waals surface area contributed by atoms with Crippen LogP contribution in [0, 0.1) is 0 Å². The van der Waals surface area contributed by atoms with Gasteiger partial charge in [-0.15, -0.1) is 5.10 Å². The molecule has 0 aliphatic rings. The van der Waals surface area contributed by atoms with Gasteiger partial charge in [-0.05, 0) is 36.4 Å². The third-order valence-corrected chi connectivity index (χ3v) is 3.35. The van der Waals surface area contributed by atoms with Crippen molar-refractivity contribution >= 4 is 12.0 Å². The van der Waals surface area contributed by atoms with Gasteiger partial charge in [0.05, 0.1) is 5.69 Å². The van der Waals surface area contributed by atoms with Crippen LogP contribution in [0.5, 0.6) is 0 Å². The van der Waals surface area contributed by atoms with E-state index in [4.69, 9.17) is 0 Å². The zero-order valence-corrected chi connectivity index (χ0v) is 12.3. The van der Waals surface area contributed by atoms with Crippen molar-refractivity contribution in [2.45, 2.75) is 0 Å². The monoisotopic (exact) mass is 293 g/mol. The predicted octanol–water partition coefficient (Wildman–Crippen LogP) is 2.21. The zero-order chi connectivity index (χ0) is 15.5. The Morgan fingerprint density at radius 1 is 1.14 bits per heavy atom. The van der Waals surface area contributed by atoms with Crippen molar-refractivity contribution < 1.29 is 4.79 Å². The second-order valence-corrected chi connectivity index (χ2v) is 5.01. The number of carbonyl (C=O) groups excluding carboxylic acids is 1. The summed E-state index contributed by atoms with van der Waals surface area (Å²) in [7, 11) is 3.96. The van der Waals surface area contributed by atoms with Crippen LogP contribution >= 0.6 is 0 Å². The lowest BCUT2D eigenvalue weighted by Gasteiger charge is -2.13. The van der Waals surface area contributed by atoms with Crippen LogP contribution in [0.15, 0.2) is 48.8 Å². The van der Waals surface area contributed by atoms with Gasteiger partial charge in [0.15, 0.2) is 12.0 Å². The molecule has 0 saturated heterocycles. The molecule has 0 fully saturated rings. The number of nitrogens with zero attached hydrogens (tertiary/aromatic N) is 5. The van der Waals surface area contributed by atoms with Crippen molar-refractivity contribution in [3.63, 3.8) is 0 Å². The molecule has 0 aliphatic heterocycles. The number of anilines is 1. The van der Waals surface area contributed by atoms with Gasteiger partial charge in [-0.2, -0.15) is 0 Å². The normalized spacial score (nSPS) is 10.5. The van der Waals surface area contributed by atoms with E-state index in [1.807, 2.05) is 55.4 Å². The van der Waals surface area contributed by atoms with Crippen LogP contribution in [0.25, 0.3) is 16.9 Å². The molecule has 22 heavy (non-hydrogen) atoms. The number of carbonyl (C=O) groups is 1. The molecule has 6 heteroatoms. The van der Waals surface area contributed by atoms with Crippen molar-refractivity contribution in [1.82, 2.24) is 20.0 Å². The van der Waals surface area contributed by atoms with Crippen molar-refractivity contribution in [3.8, 4) is 16.9 Å². The van der Waals surface area contributed by atoms with Crippen molar-refractivity contribution in [1.29, 1.82) is 0 Å². The van der Waals surface area contributed by atoms with E-state index in [1.54, 1.807) is 17.1 Å². The van der Waals surface area contributed by atoms with Crippen LogP contribution in [0.1, 0.15) is 10.5 Å². The molecule has 0 aliphatic carbocycles. The maximum Gasteiger partial charge on any atom is 0.172 e. The van der Waals surface area contributed by atoms with Crippen LogP contribution in [0.3, 0.4) is 0 Å². The third-order valence-electron chi connectivity index (χ3n) is 3.35. The van der Waals surface area contributed by atoms with E-state index in [-0.39, 0.29) is 0 Å². The molecule has 0 spiro atoms. The number of aldehydes is 1. The Morgan fingerprint density at radius 3 is 2.50 bits per heavy atom. The Hall–Kier alpha value is -3.02. The maximum atomic E-state index is 11.2. The molecule has 0 radical (unpaired) electrons. The van der Waals surface area contributed by atoms with E-state index >= 15 is 0 Å². The van der Waals surface area contributed by atoms with E-state index in [1.165, 1.54) is 0 Å². The first-order chi connectivity index (χ1) is 10.7. The smallest absolute Gasteiger partial charge is 0.172 e. The number of hydrogen-bond donors (Lipinski definition) is 0. The largest absolute Gasteiger partial charge is 0.378 e. The molecule has 0 saturated carbocycles. The highest BCUT2D eigenvalue weighted by Crippen LogP contribution is 2.24. The van der Waals surface area contributed by atoms with Crippen LogP contribution in [0.2, 0.25) is 0 Å².